The summed E-state index contributed by atoms with van der Waals surface area (Å²) in [6, 6.07) is 1.67. The number of nitrogens with zero attached hydrogens (tertiary/aromatic N) is 3. The minimum atomic E-state index is -1.18. The molecule has 0 saturated heterocycles. The zero-order valence-electron chi connectivity index (χ0n) is 12.0. The highest BCUT2D eigenvalue weighted by Gasteiger charge is 2.18. The number of carboxylic acid groups (broad SMARTS) is 1. The van der Waals surface area contributed by atoms with E-state index in [4.69, 9.17) is 28.9 Å². The van der Waals surface area contributed by atoms with E-state index in [0.29, 0.717) is 28.7 Å². The van der Waals surface area contributed by atoms with Crippen LogP contribution in [0.15, 0.2) is 22.2 Å². The third-order valence-corrected chi connectivity index (χ3v) is 4.70. The van der Waals surface area contributed by atoms with Crippen LogP contribution in [0.5, 0.6) is 0 Å². The molecule has 0 spiro atoms. The Hall–Kier alpha value is -1.61. The fourth-order valence-corrected chi connectivity index (χ4v) is 2.94. The summed E-state index contributed by atoms with van der Waals surface area (Å²) in [7, 11) is 0. The molecule has 2 rings (SSSR count). The molecule has 7 nitrogen and oxygen atoms in total. The zero-order valence-corrected chi connectivity index (χ0v) is 14.3. The van der Waals surface area contributed by atoms with Crippen LogP contribution in [0.4, 0.5) is 5.82 Å². The normalized spacial score (nSPS) is 10.6. The molecule has 4 N–H and O–H groups in total. The number of carbonyl (C=O) groups is 1. The van der Waals surface area contributed by atoms with Crippen LogP contribution in [0.1, 0.15) is 16.2 Å². The second-order valence-electron chi connectivity index (χ2n) is 4.35. The molecule has 0 saturated carbocycles. The van der Waals surface area contributed by atoms with E-state index in [0.717, 1.165) is 0 Å². The highest BCUT2D eigenvalue weighted by molar-refractivity contribution is 7.99. The Morgan fingerprint density at radius 3 is 2.83 bits per heavy atom. The van der Waals surface area contributed by atoms with Gasteiger partial charge in [-0.25, -0.2) is 19.7 Å². The highest BCUT2D eigenvalue weighted by atomic mass is 35.5. The number of aryl methyl sites for hydroxylation is 1. The molecule has 0 unspecified atom stereocenters. The second-order valence-corrected chi connectivity index (χ2v) is 6.11. The molecule has 0 aliphatic rings. The molecular formula is C13H13Cl2N5O2S. The largest absolute Gasteiger partial charge is 0.476 e. The molecule has 23 heavy (non-hydrogen) atoms. The number of anilines is 1. The lowest BCUT2D eigenvalue weighted by atomic mass is 10.3. The lowest BCUT2D eigenvalue weighted by molar-refractivity contribution is 0.0690. The van der Waals surface area contributed by atoms with Gasteiger partial charge in [-0.15, -0.1) is 0 Å². The van der Waals surface area contributed by atoms with E-state index in [1.165, 1.54) is 18.0 Å². The highest BCUT2D eigenvalue weighted by Crippen LogP contribution is 2.36. The van der Waals surface area contributed by atoms with E-state index < -0.39 is 5.97 Å². The zero-order chi connectivity index (χ0) is 17.0. The number of hydrogen-bond acceptors (Lipinski definition) is 7. The standard InChI is InChI=1S/C13H13Cl2N5O2S/c1-6-12(23-7-2-4-17-10(15)8(7)14)20-9(13(21)22)11(19-6)18-5-3-16/h2,4H,3,5,16H2,1H3,(H,18,19)(H,21,22). The van der Waals surface area contributed by atoms with Crippen LogP contribution in [0.2, 0.25) is 10.2 Å². The number of nitrogens with one attached hydrogen (secondary N) is 1. The summed E-state index contributed by atoms with van der Waals surface area (Å²) in [6.07, 6.45) is 1.51. The van der Waals surface area contributed by atoms with Gasteiger partial charge in [0.15, 0.2) is 11.5 Å². The molecule has 2 aromatic rings. The van der Waals surface area contributed by atoms with Gasteiger partial charge in [0.2, 0.25) is 0 Å². The third-order valence-electron chi connectivity index (χ3n) is 2.68. The first-order chi connectivity index (χ1) is 10.9. The lowest BCUT2D eigenvalue weighted by Gasteiger charge is -2.11. The fraction of sp³-hybridized carbons (Fsp3) is 0.231. The van der Waals surface area contributed by atoms with Gasteiger partial charge in [0.1, 0.15) is 10.2 Å². The Labute approximate surface area is 146 Å². The Balaban J connectivity index is 2.41. The van der Waals surface area contributed by atoms with Crippen molar-refractivity contribution >= 4 is 46.8 Å². The van der Waals surface area contributed by atoms with Crippen LogP contribution in [0.25, 0.3) is 0 Å². The first-order valence-electron chi connectivity index (χ1n) is 6.47. The van der Waals surface area contributed by atoms with Crippen molar-refractivity contribution in [2.24, 2.45) is 5.73 Å². The number of aromatic carboxylic acids is 1. The van der Waals surface area contributed by atoms with Gasteiger partial charge in [-0.2, -0.15) is 0 Å². The Morgan fingerprint density at radius 1 is 1.43 bits per heavy atom. The van der Waals surface area contributed by atoms with Crippen LogP contribution in [0.3, 0.4) is 0 Å². The van der Waals surface area contributed by atoms with Gasteiger partial charge in [0.25, 0.3) is 0 Å². The molecule has 0 amide bonds. The molecule has 2 aromatic heterocycles. The monoisotopic (exact) mass is 373 g/mol. The average Bonchev–Trinajstić information content (AvgIpc) is 2.51. The van der Waals surface area contributed by atoms with Crippen LogP contribution < -0.4 is 11.1 Å². The number of rotatable bonds is 6. The number of halogens is 2. The molecule has 0 radical (unpaired) electrons. The molecule has 0 bridgehead atoms. The van der Waals surface area contributed by atoms with Gasteiger partial charge in [0.05, 0.1) is 10.7 Å². The average molecular weight is 374 g/mol. The summed E-state index contributed by atoms with van der Waals surface area (Å²) < 4.78 is 0. The number of hydrogen-bond donors (Lipinski definition) is 3. The van der Waals surface area contributed by atoms with Crippen molar-refractivity contribution in [3.63, 3.8) is 0 Å². The summed E-state index contributed by atoms with van der Waals surface area (Å²) >= 11 is 13.1. The molecule has 0 aliphatic carbocycles. The van der Waals surface area contributed by atoms with Gasteiger partial charge in [0, 0.05) is 24.2 Å². The predicted molar refractivity (Wildman–Crippen MR) is 89.7 cm³/mol. The van der Waals surface area contributed by atoms with E-state index in [9.17, 15) is 9.90 Å². The molecule has 2 heterocycles. The predicted octanol–water partition coefficient (Wildman–Crippen LogP) is 2.71. The molecule has 122 valence electrons. The van der Waals surface area contributed by atoms with Gasteiger partial charge < -0.3 is 16.2 Å². The number of pyridine rings is 1. The Morgan fingerprint density at radius 2 is 2.17 bits per heavy atom. The fourth-order valence-electron chi connectivity index (χ4n) is 1.65. The van der Waals surface area contributed by atoms with Gasteiger partial charge in [-0.05, 0) is 13.0 Å². The van der Waals surface area contributed by atoms with E-state index in [1.807, 2.05) is 0 Å². The maximum atomic E-state index is 11.4. The maximum Gasteiger partial charge on any atom is 0.358 e. The maximum absolute atomic E-state index is 11.4. The van der Waals surface area contributed by atoms with Crippen LogP contribution in [-0.2, 0) is 0 Å². The van der Waals surface area contributed by atoms with E-state index in [-0.39, 0.29) is 21.7 Å². The number of aromatic nitrogens is 3. The topological polar surface area (TPSA) is 114 Å². The van der Waals surface area contributed by atoms with Crippen molar-refractivity contribution in [2.45, 2.75) is 16.8 Å². The third kappa shape index (κ3) is 4.23. The van der Waals surface area contributed by atoms with Crippen LogP contribution in [-0.4, -0.2) is 39.1 Å². The Bertz CT molecular complexity index is 745. The first-order valence-corrected chi connectivity index (χ1v) is 8.05. The number of nitrogens with two attached hydrogens (primary N) is 1. The van der Waals surface area contributed by atoms with Gasteiger partial charge >= 0.3 is 5.97 Å². The van der Waals surface area contributed by atoms with Gasteiger partial charge in [-0.3, -0.25) is 0 Å². The van der Waals surface area contributed by atoms with E-state index in [2.05, 4.69) is 20.3 Å². The summed E-state index contributed by atoms with van der Waals surface area (Å²) in [5, 5.41) is 13.0. The van der Waals surface area contributed by atoms with E-state index in [1.54, 1.807) is 13.0 Å². The van der Waals surface area contributed by atoms with Crippen molar-refractivity contribution in [1.29, 1.82) is 0 Å². The van der Waals surface area contributed by atoms with Crippen molar-refractivity contribution in [1.82, 2.24) is 15.0 Å². The molecule has 0 aromatic carbocycles. The minimum absolute atomic E-state index is 0.168. The Kier molecular flexibility index (Phi) is 6.00. The summed E-state index contributed by atoms with van der Waals surface area (Å²) in [5.74, 6) is -0.999. The van der Waals surface area contributed by atoms with Crippen molar-refractivity contribution in [3.05, 3.63) is 33.8 Å². The van der Waals surface area contributed by atoms with Crippen molar-refractivity contribution in [2.75, 3.05) is 18.4 Å². The first kappa shape index (κ1) is 17.7. The molecular weight excluding hydrogens is 361 g/mol. The smallest absolute Gasteiger partial charge is 0.358 e. The SMILES string of the molecule is Cc1nc(NCCN)c(C(=O)O)nc1Sc1ccnc(Cl)c1Cl. The number of carboxylic acids is 1. The van der Waals surface area contributed by atoms with Crippen LogP contribution in [0, 0.1) is 6.92 Å². The molecule has 0 fully saturated rings. The molecule has 0 aliphatic heterocycles. The summed E-state index contributed by atoms with van der Waals surface area (Å²) in [6.45, 7) is 2.47. The molecule has 0 atom stereocenters. The molecule has 10 heteroatoms. The summed E-state index contributed by atoms with van der Waals surface area (Å²) in [5.41, 5.74) is 5.79. The second kappa shape index (κ2) is 7.78. The van der Waals surface area contributed by atoms with Gasteiger partial charge in [-0.1, -0.05) is 35.0 Å². The lowest BCUT2D eigenvalue weighted by Crippen LogP contribution is -2.18. The quantitative estimate of drug-likeness (QED) is 0.662. The van der Waals surface area contributed by atoms with Crippen molar-refractivity contribution in [3.8, 4) is 0 Å². The van der Waals surface area contributed by atoms with E-state index >= 15 is 0 Å². The van der Waals surface area contributed by atoms with Crippen LogP contribution >= 0.6 is 35.0 Å². The minimum Gasteiger partial charge on any atom is -0.476 e. The van der Waals surface area contributed by atoms with Crippen molar-refractivity contribution < 1.29 is 9.90 Å². The summed E-state index contributed by atoms with van der Waals surface area (Å²) in [4.78, 5) is 24.3.